The van der Waals surface area contributed by atoms with E-state index in [-0.39, 0.29) is 5.56 Å². The molecule has 0 aliphatic rings. The molecule has 2 N–H and O–H groups in total. The van der Waals surface area contributed by atoms with Crippen LogP contribution in [0.1, 0.15) is 13.8 Å². The predicted octanol–water partition coefficient (Wildman–Crippen LogP) is 0.838. The van der Waals surface area contributed by atoms with Gasteiger partial charge in [-0.25, -0.2) is 5.10 Å². The average molecular weight is 167 g/mol. The lowest BCUT2D eigenvalue weighted by molar-refractivity contribution is 0.685. The lowest BCUT2D eigenvalue weighted by atomic mass is 10.2. The number of hydrogen-bond donors (Lipinski definition) is 2. The van der Waals surface area contributed by atoms with Gasteiger partial charge in [-0.15, -0.1) is 0 Å². The minimum absolute atomic E-state index is 0.176. The molecule has 0 aliphatic carbocycles. The molecule has 0 saturated carbocycles. The highest BCUT2D eigenvalue weighted by atomic mass is 16.1. The average Bonchev–Trinajstić information content (AvgIpc) is 2.03. The Morgan fingerprint density at radius 3 is 2.83 bits per heavy atom. The summed E-state index contributed by atoms with van der Waals surface area (Å²) in [6, 6.07) is 3.12. The predicted molar refractivity (Wildman–Crippen MR) is 48.2 cm³/mol. The molecule has 0 bridgehead atoms. The van der Waals surface area contributed by atoms with Gasteiger partial charge in [-0.1, -0.05) is 13.8 Å². The number of rotatable bonds is 3. The van der Waals surface area contributed by atoms with E-state index >= 15 is 0 Å². The van der Waals surface area contributed by atoms with Gasteiger partial charge < -0.3 is 5.32 Å². The zero-order valence-corrected chi connectivity index (χ0v) is 7.29. The van der Waals surface area contributed by atoms with E-state index in [9.17, 15) is 4.79 Å². The SMILES string of the molecule is CC(C)CNc1ccc(=O)[nH]n1. The minimum Gasteiger partial charge on any atom is -0.368 e. The van der Waals surface area contributed by atoms with Crippen LogP contribution < -0.4 is 10.9 Å². The molecule has 0 fully saturated rings. The molecule has 1 heterocycles. The van der Waals surface area contributed by atoms with Crippen molar-refractivity contribution in [2.75, 3.05) is 11.9 Å². The fraction of sp³-hybridized carbons (Fsp3) is 0.500. The summed E-state index contributed by atoms with van der Waals surface area (Å²) >= 11 is 0. The number of anilines is 1. The van der Waals surface area contributed by atoms with Crippen LogP contribution >= 0.6 is 0 Å². The van der Waals surface area contributed by atoms with Crippen LogP contribution in [0.5, 0.6) is 0 Å². The maximum Gasteiger partial charge on any atom is 0.264 e. The summed E-state index contributed by atoms with van der Waals surface area (Å²) in [6.45, 7) is 5.08. The number of aromatic nitrogens is 2. The number of nitrogens with one attached hydrogen (secondary N) is 2. The van der Waals surface area contributed by atoms with E-state index in [2.05, 4.69) is 29.4 Å². The van der Waals surface area contributed by atoms with Crippen molar-refractivity contribution in [3.05, 3.63) is 22.5 Å². The van der Waals surface area contributed by atoms with Crippen LogP contribution in [0.4, 0.5) is 5.82 Å². The molecule has 0 aromatic carbocycles. The van der Waals surface area contributed by atoms with Crippen molar-refractivity contribution in [3.8, 4) is 0 Å². The smallest absolute Gasteiger partial charge is 0.264 e. The standard InChI is InChI=1S/C8H13N3O/c1-6(2)5-9-7-3-4-8(12)11-10-7/h3-4,6H,5H2,1-2H3,(H,9,10)(H,11,12). The van der Waals surface area contributed by atoms with Gasteiger partial charge in [0.15, 0.2) is 0 Å². The van der Waals surface area contributed by atoms with Crippen LogP contribution in [0.3, 0.4) is 0 Å². The fourth-order valence-electron chi connectivity index (χ4n) is 0.752. The van der Waals surface area contributed by atoms with Crippen LogP contribution in [-0.2, 0) is 0 Å². The van der Waals surface area contributed by atoms with Crippen LogP contribution in [-0.4, -0.2) is 16.7 Å². The summed E-state index contributed by atoms with van der Waals surface area (Å²) in [5.41, 5.74) is -0.176. The van der Waals surface area contributed by atoms with E-state index in [4.69, 9.17) is 0 Å². The number of aromatic amines is 1. The second-order valence-corrected chi connectivity index (χ2v) is 3.08. The zero-order valence-electron chi connectivity index (χ0n) is 7.29. The molecular formula is C8H13N3O. The third-order valence-corrected chi connectivity index (χ3v) is 1.37. The van der Waals surface area contributed by atoms with Crippen molar-refractivity contribution >= 4 is 5.82 Å². The van der Waals surface area contributed by atoms with Gasteiger partial charge in [0.25, 0.3) is 5.56 Å². The second-order valence-electron chi connectivity index (χ2n) is 3.08. The minimum atomic E-state index is -0.176. The molecule has 1 aromatic heterocycles. The van der Waals surface area contributed by atoms with Gasteiger partial charge in [0.05, 0.1) is 0 Å². The van der Waals surface area contributed by atoms with Crippen LogP contribution in [0, 0.1) is 5.92 Å². The van der Waals surface area contributed by atoms with E-state index in [1.54, 1.807) is 6.07 Å². The Hall–Kier alpha value is -1.32. The number of hydrogen-bond acceptors (Lipinski definition) is 3. The molecule has 12 heavy (non-hydrogen) atoms. The van der Waals surface area contributed by atoms with Crippen LogP contribution in [0.15, 0.2) is 16.9 Å². The van der Waals surface area contributed by atoms with Gasteiger partial charge in [0, 0.05) is 12.6 Å². The molecule has 4 nitrogen and oxygen atoms in total. The van der Waals surface area contributed by atoms with E-state index in [0.29, 0.717) is 11.7 Å². The summed E-state index contributed by atoms with van der Waals surface area (Å²) in [5.74, 6) is 1.28. The second kappa shape index (κ2) is 3.90. The normalized spacial score (nSPS) is 10.2. The van der Waals surface area contributed by atoms with E-state index in [1.807, 2.05) is 0 Å². The Bertz CT molecular complexity index is 272. The zero-order chi connectivity index (χ0) is 8.97. The summed E-state index contributed by atoms with van der Waals surface area (Å²) < 4.78 is 0. The first-order valence-corrected chi connectivity index (χ1v) is 3.98. The number of H-pyrrole nitrogens is 1. The largest absolute Gasteiger partial charge is 0.368 e. The van der Waals surface area contributed by atoms with Crippen molar-refractivity contribution < 1.29 is 0 Å². The van der Waals surface area contributed by atoms with E-state index < -0.39 is 0 Å². The Labute approximate surface area is 71.0 Å². The van der Waals surface area contributed by atoms with Gasteiger partial charge in [-0.3, -0.25) is 4.79 Å². The summed E-state index contributed by atoms with van der Waals surface area (Å²) in [5, 5.41) is 9.25. The van der Waals surface area contributed by atoms with Gasteiger partial charge >= 0.3 is 0 Å². The summed E-state index contributed by atoms with van der Waals surface area (Å²) in [7, 11) is 0. The summed E-state index contributed by atoms with van der Waals surface area (Å²) in [4.78, 5) is 10.6. The third kappa shape index (κ3) is 2.74. The lowest BCUT2D eigenvalue weighted by Crippen LogP contribution is -2.12. The Kier molecular flexibility index (Phi) is 2.85. The molecule has 1 rings (SSSR count). The molecule has 0 spiro atoms. The van der Waals surface area contributed by atoms with E-state index in [1.165, 1.54) is 6.07 Å². The van der Waals surface area contributed by atoms with Crippen molar-refractivity contribution in [3.63, 3.8) is 0 Å². The molecule has 0 aliphatic heterocycles. The van der Waals surface area contributed by atoms with Gasteiger partial charge in [0.1, 0.15) is 5.82 Å². The Morgan fingerprint density at radius 1 is 1.58 bits per heavy atom. The molecule has 4 heteroatoms. The summed E-state index contributed by atoms with van der Waals surface area (Å²) in [6.07, 6.45) is 0. The Balaban J connectivity index is 2.53. The van der Waals surface area contributed by atoms with Crippen molar-refractivity contribution in [2.24, 2.45) is 5.92 Å². The number of nitrogens with zero attached hydrogens (tertiary/aromatic N) is 1. The monoisotopic (exact) mass is 167 g/mol. The fourth-order valence-corrected chi connectivity index (χ4v) is 0.752. The maximum absolute atomic E-state index is 10.6. The first kappa shape index (κ1) is 8.77. The van der Waals surface area contributed by atoms with Crippen molar-refractivity contribution in [1.82, 2.24) is 10.2 Å². The maximum atomic E-state index is 10.6. The highest BCUT2D eigenvalue weighted by Gasteiger charge is 1.94. The van der Waals surface area contributed by atoms with Gasteiger partial charge in [-0.05, 0) is 12.0 Å². The molecule has 0 radical (unpaired) electrons. The third-order valence-electron chi connectivity index (χ3n) is 1.37. The van der Waals surface area contributed by atoms with Crippen LogP contribution in [0.25, 0.3) is 0 Å². The van der Waals surface area contributed by atoms with E-state index in [0.717, 1.165) is 6.54 Å². The molecule has 66 valence electrons. The molecule has 0 unspecified atom stereocenters. The highest BCUT2D eigenvalue weighted by Crippen LogP contribution is 1.98. The van der Waals surface area contributed by atoms with Crippen molar-refractivity contribution in [2.45, 2.75) is 13.8 Å². The molecule has 1 aromatic rings. The molecule has 0 atom stereocenters. The van der Waals surface area contributed by atoms with Gasteiger partial charge in [-0.2, -0.15) is 5.10 Å². The quantitative estimate of drug-likeness (QED) is 0.701. The van der Waals surface area contributed by atoms with Gasteiger partial charge in [0.2, 0.25) is 0 Å². The first-order chi connectivity index (χ1) is 5.68. The van der Waals surface area contributed by atoms with Crippen LogP contribution in [0.2, 0.25) is 0 Å². The highest BCUT2D eigenvalue weighted by molar-refractivity contribution is 5.31. The Morgan fingerprint density at radius 2 is 2.33 bits per heavy atom. The first-order valence-electron chi connectivity index (χ1n) is 3.98. The van der Waals surface area contributed by atoms with Crippen molar-refractivity contribution in [1.29, 1.82) is 0 Å². The molecular weight excluding hydrogens is 154 g/mol. The lowest BCUT2D eigenvalue weighted by Gasteiger charge is -2.06. The topological polar surface area (TPSA) is 57.8 Å². The molecule has 0 saturated heterocycles. The molecule has 0 amide bonds.